The molecule has 0 radical (unpaired) electrons. The van der Waals surface area contributed by atoms with Crippen LogP contribution in [0.2, 0.25) is 5.02 Å². The van der Waals surface area contributed by atoms with Crippen molar-refractivity contribution in [3.63, 3.8) is 0 Å². The first-order valence-electron chi connectivity index (χ1n) is 13.4. The van der Waals surface area contributed by atoms with Gasteiger partial charge in [-0.15, -0.1) is 0 Å². The summed E-state index contributed by atoms with van der Waals surface area (Å²) in [6, 6.07) is 21.4. The average Bonchev–Trinajstić information content (AvgIpc) is 2.96. The highest BCUT2D eigenvalue weighted by molar-refractivity contribution is 6.30. The van der Waals surface area contributed by atoms with Gasteiger partial charge in [0.15, 0.2) is 0 Å². The van der Waals surface area contributed by atoms with E-state index in [-0.39, 0.29) is 25.4 Å². The molecule has 3 aromatic rings. The van der Waals surface area contributed by atoms with Gasteiger partial charge in [-0.1, -0.05) is 48.0 Å². The highest BCUT2D eigenvalue weighted by Gasteiger charge is 2.26. The molecule has 218 valence electrons. The fourth-order valence-corrected chi connectivity index (χ4v) is 4.27. The number of rotatable bonds is 15. The Morgan fingerprint density at radius 1 is 0.854 bits per heavy atom. The Hall–Kier alpha value is -3.96. The van der Waals surface area contributed by atoms with E-state index in [0.717, 1.165) is 5.56 Å². The number of ether oxygens (including phenoxy) is 1. The Balaban J connectivity index is 1.65. The maximum atomic E-state index is 13.3. The van der Waals surface area contributed by atoms with Gasteiger partial charge in [0.2, 0.25) is 17.7 Å². The highest BCUT2D eigenvalue weighted by Crippen LogP contribution is 2.25. The summed E-state index contributed by atoms with van der Waals surface area (Å²) >= 11 is 6.01. The van der Waals surface area contributed by atoms with Crippen LogP contribution in [0.15, 0.2) is 78.9 Å². The first-order valence-corrected chi connectivity index (χ1v) is 13.8. The second kappa shape index (κ2) is 16.3. The van der Waals surface area contributed by atoms with Crippen molar-refractivity contribution in [2.75, 3.05) is 31.5 Å². The zero-order chi connectivity index (χ0) is 29.6. The molecule has 3 rings (SSSR count). The van der Waals surface area contributed by atoms with E-state index >= 15 is 0 Å². The lowest BCUT2D eigenvalue weighted by molar-refractivity contribution is -0.134. The Morgan fingerprint density at radius 2 is 1.54 bits per heavy atom. The van der Waals surface area contributed by atoms with Gasteiger partial charge in [0.25, 0.3) is 0 Å². The molecule has 8 N–H and O–H groups in total. The number of nitrogens with zero attached hydrogens (tertiary/aromatic N) is 1. The van der Waals surface area contributed by atoms with E-state index in [1.54, 1.807) is 48.5 Å². The van der Waals surface area contributed by atoms with E-state index in [0.29, 0.717) is 48.1 Å². The number of halogens is 1. The van der Waals surface area contributed by atoms with Crippen molar-refractivity contribution in [2.24, 2.45) is 17.2 Å². The predicted molar refractivity (Wildman–Crippen MR) is 161 cm³/mol. The molecule has 2 atom stereocenters. The lowest BCUT2D eigenvalue weighted by Gasteiger charge is -2.24. The van der Waals surface area contributed by atoms with Crippen LogP contribution in [0.4, 0.5) is 5.69 Å². The van der Waals surface area contributed by atoms with Crippen LogP contribution in [0.1, 0.15) is 18.4 Å². The topological polar surface area (TPSA) is 166 Å². The van der Waals surface area contributed by atoms with E-state index in [9.17, 15) is 14.4 Å². The molecule has 3 amide bonds. The van der Waals surface area contributed by atoms with E-state index in [1.165, 1.54) is 4.90 Å². The van der Waals surface area contributed by atoms with Crippen LogP contribution in [-0.4, -0.2) is 60.9 Å². The summed E-state index contributed by atoms with van der Waals surface area (Å²) in [5.74, 6) is -0.189. The van der Waals surface area contributed by atoms with Crippen molar-refractivity contribution < 1.29 is 19.1 Å². The second-order valence-electron chi connectivity index (χ2n) is 9.43. The lowest BCUT2D eigenvalue weighted by Crippen LogP contribution is -2.52. The minimum Gasteiger partial charge on any atom is -0.457 e. The number of nitrogens with one attached hydrogen (secondary N) is 2. The number of carbonyl (C=O) groups excluding carboxylic acids is 3. The van der Waals surface area contributed by atoms with Gasteiger partial charge in [-0.05, 0) is 60.9 Å². The van der Waals surface area contributed by atoms with Crippen molar-refractivity contribution in [3.05, 3.63) is 89.4 Å². The fraction of sp³-hybridized carbons (Fsp3) is 0.300. The maximum Gasteiger partial charge on any atom is 0.246 e. The van der Waals surface area contributed by atoms with Crippen LogP contribution >= 0.6 is 11.6 Å². The SMILES string of the molecule is NCCN(CCN)C(=O)C[C@H](N)C(=O)N[C@@H](CCc1ccccc1)C(=O)Nc1ccc(Oc2cccc(Cl)c2)cc1. The molecule has 10 nitrogen and oxygen atoms in total. The third-order valence-electron chi connectivity index (χ3n) is 6.23. The Labute approximate surface area is 245 Å². The van der Waals surface area contributed by atoms with Crippen LogP contribution < -0.4 is 32.6 Å². The van der Waals surface area contributed by atoms with E-state index in [2.05, 4.69) is 10.6 Å². The number of amides is 3. The number of benzene rings is 3. The third-order valence-corrected chi connectivity index (χ3v) is 6.47. The molecule has 0 aliphatic heterocycles. The van der Waals surface area contributed by atoms with Gasteiger partial charge in [-0.25, -0.2) is 0 Å². The molecule has 0 aromatic heterocycles. The van der Waals surface area contributed by atoms with Crippen molar-refractivity contribution in [2.45, 2.75) is 31.3 Å². The second-order valence-corrected chi connectivity index (χ2v) is 9.86. The highest BCUT2D eigenvalue weighted by atomic mass is 35.5. The number of hydrogen-bond donors (Lipinski definition) is 5. The van der Waals surface area contributed by atoms with Crippen molar-refractivity contribution >= 4 is 35.0 Å². The third kappa shape index (κ3) is 10.5. The van der Waals surface area contributed by atoms with Crippen molar-refractivity contribution in [3.8, 4) is 11.5 Å². The van der Waals surface area contributed by atoms with Crippen LogP contribution in [0.25, 0.3) is 0 Å². The molecule has 0 heterocycles. The molecule has 0 aliphatic rings. The Morgan fingerprint density at radius 3 is 2.17 bits per heavy atom. The van der Waals surface area contributed by atoms with E-state index in [1.807, 2.05) is 30.3 Å². The van der Waals surface area contributed by atoms with Crippen LogP contribution in [0.5, 0.6) is 11.5 Å². The Bertz CT molecular complexity index is 1270. The smallest absolute Gasteiger partial charge is 0.246 e. The molecule has 41 heavy (non-hydrogen) atoms. The van der Waals surface area contributed by atoms with Gasteiger partial charge >= 0.3 is 0 Å². The summed E-state index contributed by atoms with van der Waals surface area (Å²) in [5.41, 5.74) is 18.8. The van der Waals surface area contributed by atoms with Crippen LogP contribution in [0.3, 0.4) is 0 Å². The number of carbonyl (C=O) groups is 3. The largest absolute Gasteiger partial charge is 0.457 e. The molecular formula is C30H37ClN6O4. The summed E-state index contributed by atoms with van der Waals surface area (Å²) in [4.78, 5) is 40.4. The van der Waals surface area contributed by atoms with Crippen LogP contribution in [0, 0.1) is 0 Å². The minimum absolute atomic E-state index is 0.229. The maximum absolute atomic E-state index is 13.3. The quantitative estimate of drug-likeness (QED) is 0.184. The van der Waals surface area contributed by atoms with Gasteiger partial charge in [0.1, 0.15) is 17.5 Å². The Kier molecular flexibility index (Phi) is 12.6. The molecule has 0 fully saturated rings. The van der Waals surface area contributed by atoms with Gasteiger partial charge in [-0.3, -0.25) is 14.4 Å². The number of hydrogen-bond acceptors (Lipinski definition) is 7. The molecule has 0 saturated carbocycles. The lowest BCUT2D eigenvalue weighted by atomic mass is 10.0. The minimum atomic E-state index is -1.14. The van der Waals surface area contributed by atoms with Crippen LogP contribution in [-0.2, 0) is 20.8 Å². The first-order chi connectivity index (χ1) is 19.8. The van der Waals surface area contributed by atoms with E-state index in [4.69, 9.17) is 33.5 Å². The zero-order valence-electron chi connectivity index (χ0n) is 22.8. The van der Waals surface area contributed by atoms with Crippen molar-refractivity contribution in [1.82, 2.24) is 10.2 Å². The standard InChI is InChI=1S/C30H37ClN6O4/c31-22-7-4-8-25(19-22)41-24-12-10-23(11-13-24)35-30(40)27(14-9-21-5-2-1-3-6-21)36-29(39)26(34)20-28(38)37(17-15-32)18-16-33/h1-8,10-13,19,26-27H,9,14-18,20,32-34H2,(H,35,40)(H,36,39)/t26-,27-/m0/s1. The molecular weight excluding hydrogens is 544 g/mol. The van der Waals surface area contributed by atoms with Gasteiger partial charge < -0.3 is 37.5 Å². The molecule has 0 unspecified atom stereocenters. The van der Waals surface area contributed by atoms with Gasteiger partial charge in [-0.2, -0.15) is 0 Å². The first kappa shape index (κ1) is 31.6. The molecule has 3 aromatic carbocycles. The van der Waals surface area contributed by atoms with E-state index < -0.39 is 23.9 Å². The number of aryl methyl sites for hydroxylation is 1. The van der Waals surface area contributed by atoms with Gasteiger partial charge in [0.05, 0.1) is 12.5 Å². The predicted octanol–water partition coefficient (Wildman–Crippen LogP) is 2.65. The summed E-state index contributed by atoms with van der Waals surface area (Å²) < 4.78 is 5.80. The molecule has 0 saturated heterocycles. The molecule has 11 heteroatoms. The van der Waals surface area contributed by atoms with Crippen molar-refractivity contribution in [1.29, 1.82) is 0 Å². The summed E-state index contributed by atoms with van der Waals surface area (Å²) in [6.07, 6.45) is 0.637. The number of nitrogens with two attached hydrogens (primary N) is 3. The zero-order valence-corrected chi connectivity index (χ0v) is 23.6. The normalized spacial score (nSPS) is 12.2. The summed E-state index contributed by atoms with van der Waals surface area (Å²) in [6.45, 7) is 1.16. The summed E-state index contributed by atoms with van der Waals surface area (Å²) in [7, 11) is 0. The molecule has 0 aliphatic carbocycles. The van der Waals surface area contributed by atoms with Gasteiger partial charge in [0, 0.05) is 36.9 Å². The summed E-state index contributed by atoms with van der Waals surface area (Å²) in [5, 5.41) is 6.13. The molecule has 0 spiro atoms. The number of anilines is 1. The monoisotopic (exact) mass is 580 g/mol. The average molecular weight is 581 g/mol. The fourth-order valence-electron chi connectivity index (χ4n) is 4.09. The molecule has 0 bridgehead atoms.